The van der Waals surface area contributed by atoms with Gasteiger partial charge in [-0.2, -0.15) is 0 Å². The number of halogens is 1. The van der Waals surface area contributed by atoms with E-state index in [1.54, 1.807) is 0 Å². The SMILES string of the molecule is Nc1cc(Br)cc2[nH]c(C3CC3c3ccccc3)nc12. The summed E-state index contributed by atoms with van der Waals surface area (Å²) >= 11 is 3.47. The van der Waals surface area contributed by atoms with Gasteiger partial charge in [0.2, 0.25) is 0 Å². The number of hydrogen-bond donors (Lipinski definition) is 2. The number of H-pyrrole nitrogens is 1. The van der Waals surface area contributed by atoms with E-state index in [4.69, 9.17) is 5.73 Å². The number of nitrogens with one attached hydrogen (secondary N) is 1. The van der Waals surface area contributed by atoms with E-state index in [2.05, 4.69) is 56.2 Å². The average Bonchev–Trinajstić information content (AvgIpc) is 3.13. The molecule has 20 heavy (non-hydrogen) atoms. The van der Waals surface area contributed by atoms with E-state index >= 15 is 0 Å². The number of aromatic nitrogens is 2. The van der Waals surface area contributed by atoms with Crippen LogP contribution in [0.25, 0.3) is 11.0 Å². The molecule has 2 aromatic carbocycles. The Kier molecular flexibility index (Phi) is 2.60. The Morgan fingerprint density at radius 1 is 1.15 bits per heavy atom. The summed E-state index contributed by atoms with van der Waals surface area (Å²) in [6, 6.07) is 14.6. The number of benzene rings is 2. The minimum Gasteiger partial charge on any atom is -0.397 e. The van der Waals surface area contributed by atoms with E-state index < -0.39 is 0 Å². The maximum atomic E-state index is 6.02. The Morgan fingerprint density at radius 3 is 2.75 bits per heavy atom. The summed E-state index contributed by atoms with van der Waals surface area (Å²) in [6.45, 7) is 0. The lowest BCUT2D eigenvalue weighted by Crippen LogP contribution is -1.87. The van der Waals surface area contributed by atoms with Gasteiger partial charge in [-0.1, -0.05) is 46.3 Å². The number of nitrogen functional groups attached to an aromatic ring is 1. The Morgan fingerprint density at radius 2 is 1.95 bits per heavy atom. The third-order valence-corrected chi connectivity index (χ3v) is 4.43. The van der Waals surface area contributed by atoms with Crippen LogP contribution in [-0.2, 0) is 0 Å². The molecule has 1 fully saturated rings. The van der Waals surface area contributed by atoms with Crippen LogP contribution in [0, 0.1) is 0 Å². The normalized spacial score (nSPS) is 21.2. The van der Waals surface area contributed by atoms with Gasteiger partial charge < -0.3 is 10.7 Å². The zero-order valence-corrected chi connectivity index (χ0v) is 12.4. The van der Waals surface area contributed by atoms with Gasteiger partial charge in [0.15, 0.2) is 0 Å². The summed E-state index contributed by atoms with van der Waals surface area (Å²) in [5.74, 6) is 2.13. The first-order valence-corrected chi connectivity index (χ1v) is 7.51. The van der Waals surface area contributed by atoms with Gasteiger partial charge in [-0.15, -0.1) is 0 Å². The van der Waals surface area contributed by atoms with E-state index in [9.17, 15) is 0 Å². The van der Waals surface area contributed by atoms with Crippen molar-refractivity contribution in [2.75, 3.05) is 5.73 Å². The molecule has 100 valence electrons. The fraction of sp³-hybridized carbons (Fsp3) is 0.188. The average molecular weight is 328 g/mol. The minimum atomic E-state index is 0.489. The number of nitrogens with two attached hydrogens (primary N) is 1. The molecule has 1 aliphatic carbocycles. The molecule has 0 aliphatic heterocycles. The fourth-order valence-corrected chi connectivity index (χ4v) is 3.34. The first kappa shape index (κ1) is 12.0. The van der Waals surface area contributed by atoms with Crippen LogP contribution in [0.15, 0.2) is 46.9 Å². The smallest absolute Gasteiger partial charge is 0.112 e. The number of aromatic amines is 1. The largest absolute Gasteiger partial charge is 0.397 e. The van der Waals surface area contributed by atoms with Gasteiger partial charge in [0, 0.05) is 10.4 Å². The van der Waals surface area contributed by atoms with Crippen molar-refractivity contribution in [3.63, 3.8) is 0 Å². The molecule has 0 radical (unpaired) electrons. The van der Waals surface area contributed by atoms with Gasteiger partial charge in [0.1, 0.15) is 11.3 Å². The molecule has 0 spiro atoms. The predicted octanol–water partition coefficient (Wildman–Crippen LogP) is 4.18. The number of rotatable bonds is 2. The molecule has 4 rings (SSSR count). The van der Waals surface area contributed by atoms with Crippen molar-refractivity contribution in [1.82, 2.24) is 9.97 Å². The first-order valence-electron chi connectivity index (χ1n) is 6.72. The number of hydrogen-bond acceptors (Lipinski definition) is 2. The monoisotopic (exact) mass is 327 g/mol. The van der Waals surface area contributed by atoms with Gasteiger partial charge in [-0.3, -0.25) is 0 Å². The van der Waals surface area contributed by atoms with Crippen molar-refractivity contribution >= 4 is 32.7 Å². The van der Waals surface area contributed by atoms with E-state index in [-0.39, 0.29) is 0 Å². The lowest BCUT2D eigenvalue weighted by atomic mass is 10.1. The molecule has 1 saturated carbocycles. The maximum Gasteiger partial charge on any atom is 0.112 e. The number of nitrogens with zero attached hydrogens (tertiary/aromatic N) is 1. The molecule has 2 unspecified atom stereocenters. The molecule has 3 nitrogen and oxygen atoms in total. The van der Waals surface area contributed by atoms with Crippen LogP contribution in [0.2, 0.25) is 0 Å². The van der Waals surface area contributed by atoms with Gasteiger partial charge in [-0.05, 0) is 30.0 Å². The van der Waals surface area contributed by atoms with Crippen molar-refractivity contribution in [3.05, 3.63) is 58.3 Å². The topological polar surface area (TPSA) is 54.7 Å². The van der Waals surface area contributed by atoms with Crippen LogP contribution in [0.1, 0.15) is 29.6 Å². The third kappa shape index (κ3) is 1.91. The lowest BCUT2D eigenvalue weighted by Gasteiger charge is -1.97. The highest BCUT2D eigenvalue weighted by Gasteiger charge is 2.41. The van der Waals surface area contributed by atoms with Crippen LogP contribution in [0.5, 0.6) is 0 Å². The van der Waals surface area contributed by atoms with E-state index in [0.29, 0.717) is 17.5 Å². The number of imidazole rings is 1. The molecule has 3 N–H and O–H groups in total. The second kappa shape index (κ2) is 4.35. The summed E-state index contributed by atoms with van der Waals surface area (Å²) in [5.41, 5.74) is 10.0. The predicted molar refractivity (Wildman–Crippen MR) is 84.7 cm³/mol. The maximum absolute atomic E-state index is 6.02. The fourth-order valence-electron chi connectivity index (χ4n) is 2.87. The van der Waals surface area contributed by atoms with Crippen LogP contribution >= 0.6 is 15.9 Å². The van der Waals surface area contributed by atoms with Crippen LogP contribution < -0.4 is 5.73 Å². The highest BCUT2D eigenvalue weighted by molar-refractivity contribution is 9.10. The molecule has 4 heteroatoms. The third-order valence-electron chi connectivity index (χ3n) is 3.97. The molecule has 0 saturated heterocycles. The second-order valence-electron chi connectivity index (χ2n) is 5.37. The highest BCUT2D eigenvalue weighted by Crippen LogP contribution is 2.54. The second-order valence-corrected chi connectivity index (χ2v) is 6.29. The molecule has 3 aromatic rings. The highest BCUT2D eigenvalue weighted by atomic mass is 79.9. The minimum absolute atomic E-state index is 0.489. The van der Waals surface area contributed by atoms with Crippen LogP contribution in [0.4, 0.5) is 5.69 Å². The molecule has 2 atom stereocenters. The quantitative estimate of drug-likeness (QED) is 0.694. The number of anilines is 1. The van der Waals surface area contributed by atoms with Crippen molar-refractivity contribution in [2.45, 2.75) is 18.3 Å². The van der Waals surface area contributed by atoms with E-state index in [0.717, 1.165) is 27.8 Å². The molecule has 1 aromatic heterocycles. The molecule has 0 amide bonds. The van der Waals surface area contributed by atoms with Crippen molar-refractivity contribution < 1.29 is 0 Å². The zero-order chi connectivity index (χ0) is 13.7. The van der Waals surface area contributed by atoms with E-state index in [1.165, 1.54) is 5.56 Å². The van der Waals surface area contributed by atoms with Gasteiger partial charge in [0.05, 0.1) is 11.2 Å². The Hall–Kier alpha value is -1.81. The summed E-state index contributed by atoms with van der Waals surface area (Å²) in [4.78, 5) is 8.11. The van der Waals surface area contributed by atoms with Crippen molar-refractivity contribution in [1.29, 1.82) is 0 Å². The van der Waals surface area contributed by atoms with Gasteiger partial charge in [-0.25, -0.2) is 4.98 Å². The van der Waals surface area contributed by atoms with Crippen LogP contribution in [0.3, 0.4) is 0 Å². The summed E-state index contributed by atoms with van der Waals surface area (Å²) < 4.78 is 0.980. The number of fused-ring (bicyclic) bond motifs is 1. The first-order chi connectivity index (χ1) is 9.72. The molecule has 0 bridgehead atoms. The summed E-state index contributed by atoms with van der Waals surface area (Å²) in [5, 5.41) is 0. The Balaban J connectivity index is 1.69. The zero-order valence-electron chi connectivity index (χ0n) is 10.8. The Bertz CT molecular complexity index is 779. The van der Waals surface area contributed by atoms with Crippen molar-refractivity contribution in [3.8, 4) is 0 Å². The summed E-state index contributed by atoms with van der Waals surface area (Å²) in [6.07, 6.45) is 1.16. The lowest BCUT2D eigenvalue weighted by molar-refractivity contribution is 0.938. The summed E-state index contributed by atoms with van der Waals surface area (Å²) in [7, 11) is 0. The molecule has 1 heterocycles. The molecular formula is C16H14BrN3. The van der Waals surface area contributed by atoms with Crippen molar-refractivity contribution in [2.24, 2.45) is 0 Å². The van der Waals surface area contributed by atoms with Gasteiger partial charge in [0.25, 0.3) is 0 Å². The van der Waals surface area contributed by atoms with E-state index in [1.807, 2.05) is 12.1 Å². The molecular weight excluding hydrogens is 314 g/mol. The van der Waals surface area contributed by atoms with Crippen LogP contribution in [-0.4, -0.2) is 9.97 Å². The molecule has 1 aliphatic rings. The van der Waals surface area contributed by atoms with Gasteiger partial charge >= 0.3 is 0 Å². The Labute approximate surface area is 125 Å². The standard InChI is InChI=1S/C16H14BrN3/c17-10-6-13(18)15-14(7-10)19-16(20-15)12-8-11(12)9-4-2-1-3-5-9/h1-7,11-12H,8,18H2,(H,19,20).